The van der Waals surface area contributed by atoms with Gasteiger partial charge in [0.1, 0.15) is 5.69 Å². The third-order valence-corrected chi connectivity index (χ3v) is 3.75. The molecule has 116 valence electrons. The zero-order chi connectivity index (χ0) is 15.4. The summed E-state index contributed by atoms with van der Waals surface area (Å²) in [6.45, 7) is 7.32. The molecule has 1 heterocycles. The van der Waals surface area contributed by atoms with E-state index < -0.39 is 10.7 Å². The van der Waals surface area contributed by atoms with Crippen LogP contribution in [0.4, 0.5) is 15.8 Å². The Balaban J connectivity index is 1.99. The van der Waals surface area contributed by atoms with Crippen LogP contribution in [0.1, 0.15) is 26.7 Å². The lowest BCUT2D eigenvalue weighted by Gasteiger charge is -2.33. The number of benzene rings is 1. The average molecular weight is 295 g/mol. The maximum absolute atomic E-state index is 13.8. The minimum absolute atomic E-state index is 0.0183. The molecule has 1 aromatic carbocycles. The van der Waals surface area contributed by atoms with Gasteiger partial charge in [0.05, 0.1) is 4.92 Å². The minimum Gasteiger partial charge on any atom is -0.374 e. The summed E-state index contributed by atoms with van der Waals surface area (Å²) in [7, 11) is 0. The van der Waals surface area contributed by atoms with E-state index in [1.54, 1.807) is 0 Å². The zero-order valence-corrected chi connectivity index (χ0v) is 12.5. The van der Waals surface area contributed by atoms with Gasteiger partial charge in [0.25, 0.3) is 5.69 Å². The van der Waals surface area contributed by atoms with E-state index in [0.29, 0.717) is 5.92 Å². The molecule has 1 aromatic rings. The molecule has 1 aliphatic heterocycles. The number of nitrogens with zero attached hydrogens (tertiary/aromatic N) is 2. The summed E-state index contributed by atoms with van der Waals surface area (Å²) in [5, 5.41) is 14.0. The monoisotopic (exact) mass is 295 g/mol. The Morgan fingerprint density at radius 2 is 2.10 bits per heavy atom. The van der Waals surface area contributed by atoms with Crippen molar-refractivity contribution in [3.63, 3.8) is 0 Å². The molecule has 0 bridgehead atoms. The van der Waals surface area contributed by atoms with Gasteiger partial charge in [-0.25, -0.2) is 4.39 Å². The Bertz CT molecular complexity index is 500. The number of likely N-dealkylation sites (tertiary alicyclic amines) is 1. The lowest BCUT2D eigenvalue weighted by molar-refractivity contribution is -0.384. The molecule has 1 aliphatic rings. The minimum atomic E-state index is -0.561. The fourth-order valence-electron chi connectivity index (χ4n) is 2.79. The molecule has 1 saturated heterocycles. The summed E-state index contributed by atoms with van der Waals surface area (Å²) in [6, 6.07) is 4.04. The van der Waals surface area contributed by atoms with E-state index in [2.05, 4.69) is 24.1 Å². The predicted molar refractivity (Wildman–Crippen MR) is 81.0 cm³/mol. The molecule has 0 aliphatic carbocycles. The first kappa shape index (κ1) is 15.7. The molecule has 1 N–H and O–H groups in total. The lowest BCUT2D eigenvalue weighted by Crippen LogP contribution is -2.40. The van der Waals surface area contributed by atoms with Crippen molar-refractivity contribution in [2.24, 2.45) is 5.92 Å². The van der Waals surface area contributed by atoms with Crippen LogP contribution in [0.15, 0.2) is 18.2 Å². The number of halogens is 1. The van der Waals surface area contributed by atoms with E-state index >= 15 is 0 Å². The number of anilines is 1. The van der Waals surface area contributed by atoms with Crippen LogP contribution >= 0.6 is 0 Å². The SMILES string of the molecule is CC(C)CN1CCC(Nc2c(F)cccc2[N+](=O)[O-])CC1. The van der Waals surface area contributed by atoms with Crippen LogP contribution in [0.3, 0.4) is 0 Å². The lowest BCUT2D eigenvalue weighted by atomic mass is 10.0. The van der Waals surface area contributed by atoms with Crippen LogP contribution in [-0.2, 0) is 0 Å². The van der Waals surface area contributed by atoms with Gasteiger partial charge < -0.3 is 10.2 Å². The molecule has 0 atom stereocenters. The molecule has 0 aromatic heterocycles. The highest BCUT2D eigenvalue weighted by molar-refractivity contribution is 5.62. The van der Waals surface area contributed by atoms with Gasteiger partial charge in [-0.05, 0) is 24.8 Å². The number of rotatable bonds is 5. The summed E-state index contributed by atoms with van der Waals surface area (Å²) in [5.74, 6) is 0.0657. The summed E-state index contributed by atoms with van der Waals surface area (Å²) >= 11 is 0. The van der Waals surface area contributed by atoms with Crippen LogP contribution in [-0.4, -0.2) is 35.5 Å². The number of piperidine rings is 1. The first-order valence-electron chi connectivity index (χ1n) is 7.39. The number of nitro benzene ring substituents is 1. The fourth-order valence-corrected chi connectivity index (χ4v) is 2.79. The summed E-state index contributed by atoms with van der Waals surface area (Å²) in [4.78, 5) is 12.8. The van der Waals surface area contributed by atoms with Crippen molar-refractivity contribution >= 4 is 11.4 Å². The third-order valence-electron chi connectivity index (χ3n) is 3.75. The van der Waals surface area contributed by atoms with E-state index in [-0.39, 0.29) is 17.4 Å². The summed E-state index contributed by atoms with van der Waals surface area (Å²) < 4.78 is 13.8. The van der Waals surface area contributed by atoms with Crippen molar-refractivity contribution in [2.45, 2.75) is 32.7 Å². The van der Waals surface area contributed by atoms with Gasteiger partial charge in [-0.15, -0.1) is 0 Å². The fraction of sp³-hybridized carbons (Fsp3) is 0.600. The highest BCUT2D eigenvalue weighted by atomic mass is 19.1. The molecule has 21 heavy (non-hydrogen) atoms. The summed E-state index contributed by atoms with van der Waals surface area (Å²) in [6.07, 6.45) is 1.75. The number of hydrogen-bond donors (Lipinski definition) is 1. The second-order valence-corrected chi connectivity index (χ2v) is 6.00. The van der Waals surface area contributed by atoms with Crippen molar-refractivity contribution < 1.29 is 9.31 Å². The van der Waals surface area contributed by atoms with Gasteiger partial charge in [-0.3, -0.25) is 10.1 Å². The second-order valence-electron chi connectivity index (χ2n) is 6.00. The Morgan fingerprint density at radius 1 is 1.43 bits per heavy atom. The molecule has 0 spiro atoms. The van der Waals surface area contributed by atoms with Gasteiger partial charge in [-0.2, -0.15) is 0 Å². The quantitative estimate of drug-likeness (QED) is 0.669. The third kappa shape index (κ3) is 4.14. The standard InChI is InChI=1S/C15H22FN3O2/c1-11(2)10-18-8-6-12(7-9-18)17-15-13(16)4-3-5-14(15)19(20)21/h3-5,11-12,17H,6-10H2,1-2H3. The molecule has 0 amide bonds. The Kier molecular flexibility index (Phi) is 5.12. The average Bonchev–Trinajstić information content (AvgIpc) is 2.42. The van der Waals surface area contributed by atoms with Gasteiger partial charge >= 0.3 is 0 Å². The largest absolute Gasteiger partial charge is 0.374 e. The Morgan fingerprint density at radius 3 is 2.67 bits per heavy atom. The van der Waals surface area contributed by atoms with E-state index in [1.165, 1.54) is 18.2 Å². The maximum atomic E-state index is 13.8. The van der Waals surface area contributed by atoms with Crippen molar-refractivity contribution in [1.82, 2.24) is 4.90 Å². The van der Waals surface area contributed by atoms with E-state index in [4.69, 9.17) is 0 Å². The van der Waals surface area contributed by atoms with Crippen LogP contribution in [0, 0.1) is 21.8 Å². The number of nitro groups is 1. The van der Waals surface area contributed by atoms with Crippen molar-refractivity contribution in [3.8, 4) is 0 Å². The first-order valence-corrected chi connectivity index (χ1v) is 7.39. The van der Waals surface area contributed by atoms with Crippen molar-refractivity contribution in [3.05, 3.63) is 34.1 Å². The van der Waals surface area contributed by atoms with Crippen LogP contribution in [0.5, 0.6) is 0 Å². The van der Waals surface area contributed by atoms with Gasteiger partial charge in [0.2, 0.25) is 0 Å². The Labute approximate surface area is 124 Å². The van der Waals surface area contributed by atoms with Crippen LogP contribution in [0.2, 0.25) is 0 Å². The molecule has 0 saturated carbocycles. The van der Waals surface area contributed by atoms with Crippen molar-refractivity contribution in [1.29, 1.82) is 0 Å². The highest BCUT2D eigenvalue weighted by Gasteiger charge is 2.24. The molecule has 6 heteroatoms. The predicted octanol–water partition coefficient (Wildman–Crippen LogP) is 3.27. The Hall–Kier alpha value is -1.69. The molecule has 0 unspecified atom stereocenters. The molecule has 1 fully saturated rings. The molecular weight excluding hydrogens is 273 g/mol. The number of para-hydroxylation sites is 1. The smallest absolute Gasteiger partial charge is 0.295 e. The normalized spacial score (nSPS) is 17.1. The number of hydrogen-bond acceptors (Lipinski definition) is 4. The van der Waals surface area contributed by atoms with Gasteiger partial charge in [0.15, 0.2) is 5.82 Å². The van der Waals surface area contributed by atoms with E-state index in [9.17, 15) is 14.5 Å². The number of nitrogens with one attached hydrogen (secondary N) is 1. The first-order chi connectivity index (χ1) is 9.97. The maximum Gasteiger partial charge on any atom is 0.295 e. The van der Waals surface area contributed by atoms with Crippen molar-refractivity contribution in [2.75, 3.05) is 25.0 Å². The van der Waals surface area contributed by atoms with E-state index in [1.807, 2.05) is 0 Å². The topological polar surface area (TPSA) is 58.4 Å². The molecular formula is C15H22FN3O2. The van der Waals surface area contributed by atoms with Crippen LogP contribution < -0.4 is 5.32 Å². The van der Waals surface area contributed by atoms with Crippen LogP contribution in [0.25, 0.3) is 0 Å². The van der Waals surface area contributed by atoms with Gasteiger partial charge in [-0.1, -0.05) is 19.9 Å². The van der Waals surface area contributed by atoms with Gasteiger partial charge in [0, 0.05) is 31.7 Å². The highest BCUT2D eigenvalue weighted by Crippen LogP contribution is 2.29. The van der Waals surface area contributed by atoms with E-state index in [0.717, 1.165) is 32.5 Å². The molecule has 2 rings (SSSR count). The zero-order valence-electron chi connectivity index (χ0n) is 12.5. The molecule has 0 radical (unpaired) electrons. The second kappa shape index (κ2) is 6.85. The summed E-state index contributed by atoms with van der Waals surface area (Å²) in [5.41, 5.74) is -0.176. The molecule has 5 nitrogen and oxygen atoms in total.